The fourth-order valence-electron chi connectivity index (χ4n) is 3.83. The molecule has 0 radical (unpaired) electrons. The fourth-order valence-corrected chi connectivity index (χ4v) is 3.83. The molecular weight excluding hydrogens is 433 g/mol. The maximum absolute atomic E-state index is 14.7. The van der Waals surface area contributed by atoms with E-state index in [1.165, 1.54) is 12.1 Å². The Balaban J connectivity index is 1.43. The third-order valence-corrected chi connectivity index (χ3v) is 5.55. The number of aliphatic hydroxyl groups is 1. The number of halogens is 1. The van der Waals surface area contributed by atoms with E-state index in [-0.39, 0.29) is 12.1 Å². The van der Waals surface area contributed by atoms with E-state index in [9.17, 15) is 14.3 Å². The lowest BCUT2D eigenvalue weighted by Gasteiger charge is -2.09. The number of nitrogens with zero attached hydrogens (tertiary/aromatic N) is 4. The van der Waals surface area contributed by atoms with Crippen LogP contribution in [-0.4, -0.2) is 43.2 Å². The lowest BCUT2D eigenvalue weighted by molar-refractivity contribution is 0.0920. The predicted octanol–water partition coefficient (Wildman–Crippen LogP) is 3.94. The van der Waals surface area contributed by atoms with Crippen molar-refractivity contribution in [3.63, 3.8) is 0 Å². The second-order valence-electron chi connectivity index (χ2n) is 8.20. The van der Waals surface area contributed by atoms with Crippen molar-refractivity contribution in [3.8, 4) is 11.3 Å². The Morgan fingerprint density at radius 3 is 2.76 bits per heavy atom. The van der Waals surface area contributed by atoms with Crippen LogP contribution in [0.2, 0.25) is 0 Å². The van der Waals surface area contributed by atoms with E-state index in [0.717, 1.165) is 22.0 Å². The molecule has 0 aliphatic rings. The number of fused-ring (bicyclic) bond motifs is 2. The smallest absolute Gasteiger partial charge is 0.254 e. The largest absolute Gasteiger partial charge is 0.392 e. The molecule has 34 heavy (non-hydrogen) atoms. The lowest BCUT2D eigenvalue weighted by Crippen LogP contribution is -2.31. The summed E-state index contributed by atoms with van der Waals surface area (Å²) in [7, 11) is 0. The van der Waals surface area contributed by atoms with E-state index in [0.29, 0.717) is 23.4 Å². The second-order valence-corrected chi connectivity index (χ2v) is 8.20. The Labute approximate surface area is 194 Å². The van der Waals surface area contributed by atoms with Crippen LogP contribution in [0, 0.1) is 5.82 Å². The van der Waals surface area contributed by atoms with Crippen LogP contribution in [0.1, 0.15) is 22.8 Å². The molecule has 0 spiro atoms. The van der Waals surface area contributed by atoms with Gasteiger partial charge in [0.1, 0.15) is 11.3 Å². The van der Waals surface area contributed by atoms with E-state index in [2.05, 4.69) is 21.4 Å². The Morgan fingerprint density at radius 1 is 1.09 bits per heavy atom. The molecule has 2 N–H and O–H groups in total. The Morgan fingerprint density at radius 2 is 1.94 bits per heavy atom. The Bertz CT molecular complexity index is 1510. The Kier molecular flexibility index (Phi) is 5.73. The van der Waals surface area contributed by atoms with Gasteiger partial charge in [-0.2, -0.15) is 0 Å². The summed E-state index contributed by atoms with van der Waals surface area (Å²) in [6, 6.07) is 18.1. The first-order valence-corrected chi connectivity index (χ1v) is 10.9. The zero-order chi connectivity index (χ0) is 23.7. The highest BCUT2D eigenvalue weighted by Gasteiger charge is 2.15. The summed E-state index contributed by atoms with van der Waals surface area (Å²) in [5.74, 6) is -1.22. The monoisotopic (exact) mass is 455 g/mol. The summed E-state index contributed by atoms with van der Waals surface area (Å²) in [6.45, 7) is 2.17. The molecule has 5 rings (SSSR count). The van der Waals surface area contributed by atoms with Crippen molar-refractivity contribution >= 4 is 28.0 Å². The minimum atomic E-state index is -0.710. The van der Waals surface area contributed by atoms with E-state index >= 15 is 0 Å². The van der Waals surface area contributed by atoms with Crippen LogP contribution in [0.4, 0.5) is 4.39 Å². The van der Waals surface area contributed by atoms with Crippen LogP contribution in [0.15, 0.2) is 73.2 Å². The number of hydrogen-bond acceptors (Lipinski definition) is 5. The van der Waals surface area contributed by atoms with Gasteiger partial charge in [-0.1, -0.05) is 18.2 Å². The van der Waals surface area contributed by atoms with Gasteiger partial charge < -0.3 is 15.0 Å². The normalized spacial score (nSPS) is 12.2. The number of carbonyl (C=O) groups excluding carboxylic acids is 1. The van der Waals surface area contributed by atoms with E-state index in [1.54, 1.807) is 31.6 Å². The van der Waals surface area contributed by atoms with Gasteiger partial charge in [0.2, 0.25) is 0 Å². The van der Waals surface area contributed by atoms with Gasteiger partial charge in [-0.15, -0.1) is 0 Å². The summed E-state index contributed by atoms with van der Waals surface area (Å²) >= 11 is 0. The maximum atomic E-state index is 14.7. The molecule has 0 aliphatic heterocycles. The predicted molar refractivity (Wildman–Crippen MR) is 128 cm³/mol. The average molecular weight is 455 g/mol. The first kappa shape index (κ1) is 21.7. The fraction of sp³-hybridized carbons (Fsp3) is 0.154. The number of carbonyl (C=O) groups is 1. The molecule has 0 fully saturated rings. The third-order valence-electron chi connectivity index (χ3n) is 5.55. The van der Waals surface area contributed by atoms with E-state index < -0.39 is 17.8 Å². The van der Waals surface area contributed by atoms with Gasteiger partial charge in [0.15, 0.2) is 5.65 Å². The Hall–Kier alpha value is -4.17. The van der Waals surface area contributed by atoms with Crippen molar-refractivity contribution in [1.29, 1.82) is 0 Å². The molecule has 170 valence electrons. The van der Waals surface area contributed by atoms with Crippen molar-refractivity contribution < 1.29 is 14.3 Å². The van der Waals surface area contributed by atoms with Crippen molar-refractivity contribution in [3.05, 3.63) is 90.1 Å². The third kappa shape index (κ3) is 4.35. The molecular formula is C26H22FN5O2. The van der Waals surface area contributed by atoms with Gasteiger partial charge in [-0.25, -0.2) is 14.4 Å². The number of aliphatic hydroxyl groups excluding tert-OH is 1. The number of nitrogens with one attached hydrogen (secondary N) is 1. The summed E-state index contributed by atoms with van der Waals surface area (Å²) < 4.78 is 16.6. The summed E-state index contributed by atoms with van der Waals surface area (Å²) in [5, 5.41) is 12.9. The molecule has 7 nitrogen and oxygen atoms in total. The molecule has 0 aliphatic carbocycles. The minimum absolute atomic E-state index is 0.0515. The molecule has 0 saturated heterocycles. The highest BCUT2D eigenvalue weighted by atomic mass is 19.1. The van der Waals surface area contributed by atoms with Gasteiger partial charge in [0.05, 0.1) is 35.8 Å². The van der Waals surface area contributed by atoms with Crippen LogP contribution in [0.25, 0.3) is 33.3 Å². The summed E-state index contributed by atoms with van der Waals surface area (Å²) in [6.07, 6.45) is 2.80. The number of imidazole rings is 1. The van der Waals surface area contributed by atoms with Crippen molar-refractivity contribution in [2.24, 2.45) is 0 Å². The summed E-state index contributed by atoms with van der Waals surface area (Å²) in [5.41, 5.74) is 4.49. The molecule has 0 saturated carbocycles. The van der Waals surface area contributed by atoms with Gasteiger partial charge in [0.25, 0.3) is 5.91 Å². The quantitative estimate of drug-likeness (QED) is 0.405. The number of benzene rings is 2. The molecule has 0 bridgehead atoms. The molecule has 5 aromatic rings. The zero-order valence-electron chi connectivity index (χ0n) is 18.4. The number of pyridine rings is 2. The van der Waals surface area contributed by atoms with Crippen molar-refractivity contribution in [2.75, 3.05) is 6.54 Å². The molecule has 1 amide bonds. The maximum Gasteiger partial charge on any atom is 0.254 e. The standard InChI is InChI=1S/C26H22FN5O2/c1-16(33)13-29-26(34)20-6-5-19(12-21(20)27)23-8-9-24-25(31-23)32(15-30-24)14-17-4-7-22-18(11-17)3-2-10-28-22/h2-12,15-16,33H,13-14H2,1H3,(H,29,34)/t16-/m1/s1. The zero-order valence-corrected chi connectivity index (χ0v) is 18.4. The second kappa shape index (κ2) is 8.99. The molecule has 8 heteroatoms. The van der Waals surface area contributed by atoms with E-state index in [1.807, 2.05) is 34.9 Å². The number of amides is 1. The highest BCUT2D eigenvalue weighted by Crippen LogP contribution is 2.24. The van der Waals surface area contributed by atoms with E-state index in [4.69, 9.17) is 4.98 Å². The average Bonchev–Trinajstić information content (AvgIpc) is 3.24. The minimum Gasteiger partial charge on any atom is -0.392 e. The van der Waals surface area contributed by atoms with Crippen LogP contribution in [-0.2, 0) is 6.54 Å². The van der Waals surface area contributed by atoms with Crippen molar-refractivity contribution in [2.45, 2.75) is 19.6 Å². The van der Waals surface area contributed by atoms with Crippen LogP contribution in [0.3, 0.4) is 0 Å². The number of aromatic nitrogens is 4. The van der Waals surface area contributed by atoms with Gasteiger partial charge >= 0.3 is 0 Å². The molecule has 2 aromatic carbocycles. The highest BCUT2D eigenvalue weighted by molar-refractivity contribution is 5.95. The van der Waals surface area contributed by atoms with Crippen LogP contribution < -0.4 is 5.32 Å². The molecule has 3 heterocycles. The van der Waals surface area contributed by atoms with Gasteiger partial charge in [-0.3, -0.25) is 9.78 Å². The summed E-state index contributed by atoms with van der Waals surface area (Å²) in [4.78, 5) is 25.7. The van der Waals surface area contributed by atoms with Gasteiger partial charge in [-0.05, 0) is 55.0 Å². The van der Waals surface area contributed by atoms with Crippen LogP contribution in [0.5, 0.6) is 0 Å². The topological polar surface area (TPSA) is 92.9 Å². The SMILES string of the molecule is C[C@@H](O)CNC(=O)c1ccc(-c2ccc3ncn(Cc4ccc5ncccc5c4)c3n2)cc1F. The lowest BCUT2D eigenvalue weighted by atomic mass is 10.1. The first-order valence-electron chi connectivity index (χ1n) is 10.9. The molecule has 0 unspecified atom stereocenters. The molecule has 1 atom stereocenters. The van der Waals surface area contributed by atoms with Crippen molar-refractivity contribution in [1.82, 2.24) is 24.8 Å². The van der Waals surface area contributed by atoms with Crippen LogP contribution >= 0.6 is 0 Å². The molecule has 3 aromatic heterocycles. The van der Waals surface area contributed by atoms with Gasteiger partial charge in [0, 0.05) is 23.7 Å². The number of hydrogen-bond donors (Lipinski definition) is 2. The number of rotatable bonds is 6. The first-order chi connectivity index (χ1) is 16.5.